The minimum absolute atomic E-state index is 0.723. The van der Waals surface area contributed by atoms with Gasteiger partial charge in [-0.25, -0.2) is 0 Å². The summed E-state index contributed by atoms with van der Waals surface area (Å²) >= 11 is 0. The van der Waals surface area contributed by atoms with Crippen molar-refractivity contribution in [2.75, 3.05) is 13.1 Å². The van der Waals surface area contributed by atoms with Crippen LogP contribution in [-0.4, -0.2) is 18.0 Å². The van der Waals surface area contributed by atoms with E-state index in [9.17, 15) is 0 Å². The van der Waals surface area contributed by atoms with Crippen LogP contribution in [0.15, 0.2) is 42.1 Å². The van der Waals surface area contributed by atoms with E-state index in [-0.39, 0.29) is 0 Å². The lowest BCUT2D eigenvalue weighted by atomic mass is 9.86. The Bertz CT molecular complexity index is 453. The van der Waals surface area contributed by atoms with Gasteiger partial charge in [0.15, 0.2) is 0 Å². The quantitative estimate of drug-likeness (QED) is 0.594. The van der Waals surface area contributed by atoms with E-state index < -0.39 is 0 Å². The fourth-order valence-electron chi connectivity index (χ4n) is 2.44. The zero-order valence-electron chi connectivity index (χ0n) is 9.32. The number of piperidine rings is 1. The highest BCUT2D eigenvalue weighted by Crippen LogP contribution is 2.30. The van der Waals surface area contributed by atoms with Gasteiger partial charge in [0.05, 0.1) is 0 Å². The van der Waals surface area contributed by atoms with Gasteiger partial charge in [-0.3, -0.25) is 0 Å². The first-order chi connectivity index (χ1) is 7.92. The minimum Gasteiger partial charge on any atom is -0.377 e. The molecule has 0 spiro atoms. The Morgan fingerprint density at radius 1 is 1.00 bits per heavy atom. The highest BCUT2D eigenvalue weighted by atomic mass is 15.1. The predicted octanol–water partition coefficient (Wildman–Crippen LogP) is 2.65. The van der Waals surface area contributed by atoms with E-state index in [4.69, 9.17) is 0 Å². The second-order valence-corrected chi connectivity index (χ2v) is 4.51. The zero-order valence-corrected chi connectivity index (χ0v) is 9.32. The first-order valence-corrected chi connectivity index (χ1v) is 5.95. The van der Waals surface area contributed by atoms with Crippen LogP contribution in [-0.2, 0) is 0 Å². The Morgan fingerprint density at radius 2 is 1.75 bits per heavy atom. The highest BCUT2D eigenvalue weighted by molar-refractivity contribution is 5.42. The number of nitrogens with zero attached hydrogens (tertiary/aromatic N) is 1. The highest BCUT2D eigenvalue weighted by Gasteiger charge is 2.25. The van der Waals surface area contributed by atoms with E-state index in [1.54, 1.807) is 0 Å². The molecule has 0 saturated carbocycles. The van der Waals surface area contributed by atoms with Gasteiger partial charge in [0, 0.05) is 30.4 Å². The number of hydrogen-bond acceptors (Lipinski definition) is 1. The van der Waals surface area contributed by atoms with Crippen molar-refractivity contribution in [3.8, 4) is 11.8 Å². The van der Waals surface area contributed by atoms with Crippen molar-refractivity contribution in [3.05, 3.63) is 47.7 Å². The summed E-state index contributed by atoms with van der Waals surface area (Å²) in [6.07, 6.45) is 4.83. The maximum Gasteiger partial charge on any atom is 0.0248 e. The van der Waals surface area contributed by atoms with Crippen molar-refractivity contribution >= 4 is 0 Å². The Kier molecular flexibility index (Phi) is 2.42. The molecule has 16 heavy (non-hydrogen) atoms. The number of hydrogen-bond donors (Lipinski definition) is 0. The third kappa shape index (κ3) is 1.84. The third-order valence-electron chi connectivity index (χ3n) is 3.42. The monoisotopic (exact) mass is 209 g/mol. The van der Waals surface area contributed by atoms with Crippen LogP contribution < -0.4 is 0 Å². The van der Waals surface area contributed by atoms with Crippen LogP contribution in [0.2, 0.25) is 0 Å². The second-order valence-electron chi connectivity index (χ2n) is 4.51. The molecule has 1 heteroatoms. The Balaban J connectivity index is 1.83. The fraction of sp³-hybridized carbons (Fsp3) is 0.333. The molecule has 0 radical (unpaired) electrons. The lowest BCUT2D eigenvalue weighted by Crippen LogP contribution is -2.35. The van der Waals surface area contributed by atoms with Crippen molar-refractivity contribution in [1.82, 2.24) is 4.90 Å². The van der Waals surface area contributed by atoms with Crippen molar-refractivity contribution in [1.29, 1.82) is 0 Å². The topological polar surface area (TPSA) is 3.24 Å². The molecule has 3 heterocycles. The number of allylic oxidation sites excluding steroid dienone is 1. The molecule has 0 N–H and O–H groups in total. The van der Waals surface area contributed by atoms with Crippen molar-refractivity contribution in [3.63, 3.8) is 0 Å². The van der Waals surface area contributed by atoms with E-state index in [1.165, 1.54) is 31.5 Å². The van der Waals surface area contributed by atoms with Gasteiger partial charge in [0.1, 0.15) is 0 Å². The van der Waals surface area contributed by atoms with E-state index in [0.29, 0.717) is 0 Å². The molecule has 3 aliphatic rings. The maximum atomic E-state index is 3.34. The molecule has 1 aromatic carbocycles. The van der Waals surface area contributed by atoms with Crippen LogP contribution in [0.25, 0.3) is 0 Å². The van der Waals surface area contributed by atoms with Gasteiger partial charge in [-0.2, -0.15) is 0 Å². The Hall–Kier alpha value is -1.68. The molecule has 1 fully saturated rings. The number of benzene rings is 1. The summed E-state index contributed by atoms with van der Waals surface area (Å²) in [5.74, 6) is 7.32. The van der Waals surface area contributed by atoms with Gasteiger partial charge in [-0.1, -0.05) is 30.0 Å². The summed E-state index contributed by atoms with van der Waals surface area (Å²) in [5, 5.41) is 0. The van der Waals surface area contributed by atoms with Gasteiger partial charge in [-0.05, 0) is 30.9 Å². The summed E-state index contributed by atoms with van der Waals surface area (Å²) in [7, 11) is 0. The van der Waals surface area contributed by atoms with Crippen LogP contribution in [0.5, 0.6) is 0 Å². The summed E-state index contributed by atoms with van der Waals surface area (Å²) < 4.78 is 0. The molecule has 0 amide bonds. The molecule has 0 aliphatic carbocycles. The van der Waals surface area contributed by atoms with E-state index in [0.717, 1.165) is 11.5 Å². The van der Waals surface area contributed by atoms with Crippen LogP contribution in [0.3, 0.4) is 0 Å². The molecule has 3 aliphatic heterocycles. The smallest absolute Gasteiger partial charge is 0.0248 e. The van der Waals surface area contributed by atoms with Gasteiger partial charge in [-0.15, -0.1) is 0 Å². The minimum atomic E-state index is 0.723. The SMILES string of the molecule is C(#Cc1ccccc1)C1=CN2CCC1CC2. The maximum absolute atomic E-state index is 3.34. The molecule has 0 atom stereocenters. The van der Waals surface area contributed by atoms with Crippen LogP contribution >= 0.6 is 0 Å². The number of rotatable bonds is 0. The molecule has 1 nitrogen and oxygen atoms in total. The molecule has 0 unspecified atom stereocenters. The standard InChI is InChI=1S/C15H15N/c1-2-4-13(5-3-1)6-7-15-12-16-10-8-14(15)9-11-16/h1-5,12,14H,8-11H2. The Morgan fingerprint density at radius 3 is 2.38 bits per heavy atom. The van der Waals surface area contributed by atoms with Crippen molar-refractivity contribution < 1.29 is 0 Å². The van der Waals surface area contributed by atoms with Crippen LogP contribution in [0.4, 0.5) is 0 Å². The van der Waals surface area contributed by atoms with Gasteiger partial charge in [0.25, 0.3) is 0 Å². The zero-order chi connectivity index (χ0) is 10.8. The van der Waals surface area contributed by atoms with E-state index in [1.807, 2.05) is 18.2 Å². The second kappa shape index (κ2) is 4.06. The van der Waals surface area contributed by atoms with E-state index in [2.05, 4.69) is 35.1 Å². The average molecular weight is 209 g/mol. The Labute approximate surface area is 96.8 Å². The normalized spacial score (nSPS) is 19.0. The van der Waals surface area contributed by atoms with Gasteiger partial charge in [0.2, 0.25) is 0 Å². The number of fused-ring (bicyclic) bond motifs is 2. The first-order valence-electron chi connectivity index (χ1n) is 5.95. The molecular formula is C15H15N. The molecule has 0 aromatic heterocycles. The summed E-state index contributed by atoms with van der Waals surface area (Å²) in [5.41, 5.74) is 2.45. The third-order valence-corrected chi connectivity index (χ3v) is 3.42. The summed E-state index contributed by atoms with van der Waals surface area (Å²) in [6, 6.07) is 10.2. The molecule has 80 valence electrons. The first kappa shape index (κ1) is 9.54. The van der Waals surface area contributed by atoms with Gasteiger partial charge < -0.3 is 4.90 Å². The largest absolute Gasteiger partial charge is 0.377 e. The molecule has 1 saturated heterocycles. The predicted molar refractivity (Wildman–Crippen MR) is 65.7 cm³/mol. The van der Waals surface area contributed by atoms with Crippen molar-refractivity contribution in [2.45, 2.75) is 12.8 Å². The lowest BCUT2D eigenvalue weighted by molar-refractivity contribution is 0.235. The van der Waals surface area contributed by atoms with Gasteiger partial charge >= 0.3 is 0 Å². The summed E-state index contributed by atoms with van der Waals surface area (Å²) in [4.78, 5) is 2.40. The van der Waals surface area contributed by atoms with Crippen LogP contribution in [0.1, 0.15) is 18.4 Å². The lowest BCUT2D eigenvalue weighted by Gasteiger charge is -2.37. The average Bonchev–Trinajstić information content (AvgIpc) is 2.39. The van der Waals surface area contributed by atoms with Crippen LogP contribution in [0, 0.1) is 17.8 Å². The molecule has 4 rings (SSSR count). The fourth-order valence-corrected chi connectivity index (χ4v) is 2.44. The molecular weight excluding hydrogens is 194 g/mol. The molecule has 1 aromatic rings. The van der Waals surface area contributed by atoms with E-state index >= 15 is 0 Å². The van der Waals surface area contributed by atoms with Crippen molar-refractivity contribution in [2.24, 2.45) is 5.92 Å². The molecule has 2 bridgehead atoms. The summed E-state index contributed by atoms with van der Waals surface area (Å²) in [6.45, 7) is 2.45.